The van der Waals surface area contributed by atoms with Gasteiger partial charge in [-0.3, -0.25) is 0 Å². The SMILES string of the molecule is COC(=O)c1cc2cc(NC(=S)NC(C)c3ccc(Cl)cc3)ccc2s1. The lowest BCUT2D eigenvalue weighted by molar-refractivity contribution is 0.0606. The number of rotatable bonds is 4. The molecular weight excluding hydrogens is 388 g/mol. The molecule has 2 aromatic carbocycles. The summed E-state index contributed by atoms with van der Waals surface area (Å²) in [6.45, 7) is 2.03. The van der Waals surface area contributed by atoms with Crippen molar-refractivity contribution in [1.82, 2.24) is 5.32 Å². The largest absolute Gasteiger partial charge is 0.465 e. The third kappa shape index (κ3) is 4.33. The normalized spacial score (nSPS) is 11.8. The minimum atomic E-state index is -0.324. The average molecular weight is 405 g/mol. The van der Waals surface area contributed by atoms with E-state index in [1.54, 1.807) is 0 Å². The first-order valence-corrected chi connectivity index (χ1v) is 9.51. The summed E-state index contributed by atoms with van der Waals surface area (Å²) < 4.78 is 5.79. The zero-order valence-corrected chi connectivity index (χ0v) is 16.6. The van der Waals surface area contributed by atoms with E-state index in [2.05, 4.69) is 10.6 Å². The van der Waals surface area contributed by atoms with Crippen LogP contribution in [0.2, 0.25) is 5.02 Å². The molecule has 0 bridgehead atoms. The molecule has 3 aromatic rings. The summed E-state index contributed by atoms with van der Waals surface area (Å²) >= 11 is 12.7. The molecule has 1 heterocycles. The van der Waals surface area contributed by atoms with E-state index in [0.717, 1.165) is 21.3 Å². The van der Waals surface area contributed by atoms with Crippen LogP contribution in [0.5, 0.6) is 0 Å². The lowest BCUT2D eigenvalue weighted by atomic mass is 10.1. The number of carbonyl (C=O) groups excluding carboxylic acids is 1. The van der Waals surface area contributed by atoms with Crippen molar-refractivity contribution in [3.63, 3.8) is 0 Å². The van der Waals surface area contributed by atoms with Crippen LogP contribution in [0.15, 0.2) is 48.5 Å². The van der Waals surface area contributed by atoms with E-state index >= 15 is 0 Å². The monoisotopic (exact) mass is 404 g/mol. The zero-order valence-electron chi connectivity index (χ0n) is 14.2. The Morgan fingerprint density at radius 1 is 1.19 bits per heavy atom. The average Bonchev–Trinajstić information content (AvgIpc) is 3.04. The van der Waals surface area contributed by atoms with Crippen LogP contribution < -0.4 is 10.6 Å². The zero-order chi connectivity index (χ0) is 18.7. The second kappa shape index (κ2) is 8.03. The van der Waals surface area contributed by atoms with Crippen LogP contribution in [0.4, 0.5) is 5.69 Å². The first kappa shape index (κ1) is 18.6. The van der Waals surface area contributed by atoms with Crippen molar-refractivity contribution in [1.29, 1.82) is 0 Å². The van der Waals surface area contributed by atoms with Gasteiger partial charge in [0, 0.05) is 15.4 Å². The van der Waals surface area contributed by atoms with Crippen molar-refractivity contribution in [3.05, 3.63) is 64.0 Å². The molecule has 0 aliphatic carbocycles. The third-order valence-electron chi connectivity index (χ3n) is 3.88. The highest BCUT2D eigenvalue weighted by Gasteiger charge is 2.11. The van der Waals surface area contributed by atoms with Crippen molar-refractivity contribution in [2.45, 2.75) is 13.0 Å². The Morgan fingerprint density at radius 3 is 2.62 bits per heavy atom. The Bertz CT molecular complexity index is 954. The quantitative estimate of drug-likeness (QED) is 0.451. The molecule has 7 heteroatoms. The molecule has 26 heavy (non-hydrogen) atoms. The minimum Gasteiger partial charge on any atom is -0.465 e. The maximum atomic E-state index is 11.7. The number of benzene rings is 2. The van der Waals surface area contributed by atoms with Crippen molar-refractivity contribution in [2.24, 2.45) is 0 Å². The summed E-state index contributed by atoms with van der Waals surface area (Å²) in [6.07, 6.45) is 0. The summed E-state index contributed by atoms with van der Waals surface area (Å²) in [6, 6.07) is 15.4. The van der Waals surface area contributed by atoms with Gasteiger partial charge in [-0.05, 0) is 66.5 Å². The molecule has 2 N–H and O–H groups in total. The molecule has 3 rings (SSSR count). The van der Waals surface area contributed by atoms with E-state index < -0.39 is 0 Å². The summed E-state index contributed by atoms with van der Waals surface area (Å²) in [5.74, 6) is -0.324. The van der Waals surface area contributed by atoms with Gasteiger partial charge < -0.3 is 15.4 Å². The van der Waals surface area contributed by atoms with Crippen LogP contribution in [-0.4, -0.2) is 18.2 Å². The number of nitrogens with one attached hydrogen (secondary N) is 2. The number of carbonyl (C=O) groups is 1. The summed E-state index contributed by atoms with van der Waals surface area (Å²) in [5.41, 5.74) is 1.95. The van der Waals surface area contributed by atoms with Gasteiger partial charge in [0.1, 0.15) is 4.88 Å². The Kier molecular flexibility index (Phi) is 5.76. The maximum absolute atomic E-state index is 11.7. The van der Waals surface area contributed by atoms with Gasteiger partial charge in [-0.15, -0.1) is 11.3 Å². The van der Waals surface area contributed by atoms with E-state index in [-0.39, 0.29) is 12.0 Å². The first-order valence-electron chi connectivity index (χ1n) is 7.91. The molecule has 0 aliphatic heterocycles. The van der Waals surface area contributed by atoms with Gasteiger partial charge in [0.25, 0.3) is 0 Å². The first-order chi connectivity index (χ1) is 12.5. The summed E-state index contributed by atoms with van der Waals surface area (Å²) in [4.78, 5) is 12.2. The topological polar surface area (TPSA) is 50.4 Å². The number of methoxy groups -OCH3 is 1. The minimum absolute atomic E-state index is 0.0445. The molecule has 0 aliphatic rings. The molecule has 1 atom stereocenters. The highest BCUT2D eigenvalue weighted by atomic mass is 35.5. The van der Waals surface area contributed by atoms with Gasteiger partial charge in [-0.2, -0.15) is 0 Å². The molecule has 1 unspecified atom stereocenters. The lowest BCUT2D eigenvalue weighted by Crippen LogP contribution is -2.30. The molecule has 0 amide bonds. The summed E-state index contributed by atoms with van der Waals surface area (Å²) in [7, 11) is 1.38. The number of ether oxygens (including phenoxy) is 1. The standard InChI is InChI=1S/C19H17ClN2O2S2/c1-11(12-3-5-14(20)6-4-12)21-19(25)22-15-7-8-16-13(9-15)10-17(26-16)18(23)24-2/h3-11H,1-2H3,(H2,21,22,25). The van der Waals surface area contributed by atoms with Crippen LogP contribution >= 0.6 is 35.2 Å². The van der Waals surface area contributed by atoms with E-state index in [1.165, 1.54) is 18.4 Å². The number of hydrogen-bond acceptors (Lipinski definition) is 4. The highest BCUT2D eigenvalue weighted by Crippen LogP contribution is 2.28. The van der Waals surface area contributed by atoms with Crippen molar-refractivity contribution in [3.8, 4) is 0 Å². The Balaban J connectivity index is 1.68. The number of anilines is 1. The predicted octanol–water partition coefficient (Wildman–Crippen LogP) is 5.39. The smallest absolute Gasteiger partial charge is 0.348 e. The maximum Gasteiger partial charge on any atom is 0.348 e. The molecule has 0 fully saturated rings. The van der Waals surface area contributed by atoms with E-state index in [4.69, 9.17) is 28.6 Å². The number of thiocarbonyl (C=S) groups is 1. The van der Waals surface area contributed by atoms with Crippen LogP contribution in [0.25, 0.3) is 10.1 Å². The molecular formula is C19H17ClN2O2S2. The third-order valence-corrected chi connectivity index (χ3v) is 5.45. The molecule has 0 saturated carbocycles. The molecule has 1 aromatic heterocycles. The van der Waals surface area contributed by atoms with Crippen LogP contribution in [0.1, 0.15) is 28.2 Å². The van der Waals surface area contributed by atoms with E-state index in [9.17, 15) is 4.79 Å². The number of thiophene rings is 1. The van der Waals surface area contributed by atoms with Crippen LogP contribution in [0, 0.1) is 0 Å². The van der Waals surface area contributed by atoms with Gasteiger partial charge in [-0.25, -0.2) is 4.79 Å². The Labute approximate surface area is 166 Å². The molecule has 0 saturated heterocycles. The number of esters is 1. The van der Waals surface area contributed by atoms with Gasteiger partial charge in [0.05, 0.1) is 13.2 Å². The van der Waals surface area contributed by atoms with Crippen LogP contribution in [-0.2, 0) is 4.74 Å². The number of fused-ring (bicyclic) bond motifs is 1. The Hall–Kier alpha value is -2.15. The fraction of sp³-hybridized carbons (Fsp3) is 0.158. The fourth-order valence-corrected chi connectivity index (χ4v) is 3.90. The lowest BCUT2D eigenvalue weighted by Gasteiger charge is -2.17. The van der Waals surface area contributed by atoms with Crippen LogP contribution in [0.3, 0.4) is 0 Å². The molecule has 134 valence electrons. The van der Waals surface area contributed by atoms with E-state index in [0.29, 0.717) is 15.0 Å². The van der Waals surface area contributed by atoms with Gasteiger partial charge in [-0.1, -0.05) is 23.7 Å². The number of halogens is 1. The van der Waals surface area contributed by atoms with Gasteiger partial charge in [0.15, 0.2) is 5.11 Å². The molecule has 0 radical (unpaired) electrons. The fourth-order valence-electron chi connectivity index (χ4n) is 2.52. The van der Waals surface area contributed by atoms with Gasteiger partial charge in [0.2, 0.25) is 0 Å². The van der Waals surface area contributed by atoms with Crippen molar-refractivity contribution in [2.75, 3.05) is 12.4 Å². The number of hydrogen-bond donors (Lipinski definition) is 2. The second-order valence-corrected chi connectivity index (χ2v) is 7.65. The van der Waals surface area contributed by atoms with Crippen molar-refractivity contribution < 1.29 is 9.53 Å². The molecule has 4 nitrogen and oxygen atoms in total. The Morgan fingerprint density at radius 2 is 1.92 bits per heavy atom. The highest BCUT2D eigenvalue weighted by molar-refractivity contribution is 7.80. The predicted molar refractivity (Wildman–Crippen MR) is 112 cm³/mol. The second-order valence-electron chi connectivity index (χ2n) is 5.73. The molecule has 0 spiro atoms. The summed E-state index contributed by atoms with van der Waals surface area (Å²) in [5, 5.41) is 8.63. The van der Waals surface area contributed by atoms with Gasteiger partial charge >= 0.3 is 5.97 Å². The van der Waals surface area contributed by atoms with Crippen molar-refractivity contribution >= 4 is 62.0 Å². The van der Waals surface area contributed by atoms with E-state index in [1.807, 2.05) is 55.5 Å².